The second-order valence-electron chi connectivity index (χ2n) is 9.72. The van der Waals surface area contributed by atoms with E-state index in [-0.39, 0.29) is 12.1 Å². The second-order valence-corrected chi connectivity index (χ2v) is 9.72. The molecule has 202 valence electrons. The summed E-state index contributed by atoms with van der Waals surface area (Å²) in [5, 5.41) is 2.14. The van der Waals surface area contributed by atoms with E-state index in [1.54, 1.807) is 12.1 Å². The van der Waals surface area contributed by atoms with E-state index in [0.717, 1.165) is 57.2 Å². The number of hydrogen-bond acceptors (Lipinski definition) is 1. The number of alkyl halides is 6. The molecule has 5 aromatic rings. The van der Waals surface area contributed by atoms with Crippen LogP contribution in [0.5, 0.6) is 0 Å². The van der Waals surface area contributed by atoms with Crippen LogP contribution in [0.4, 0.5) is 37.7 Å². The Kier molecular flexibility index (Phi) is 6.21. The second kappa shape index (κ2) is 9.62. The van der Waals surface area contributed by atoms with Gasteiger partial charge in [-0.15, -0.1) is 0 Å². The molecule has 1 aliphatic rings. The van der Waals surface area contributed by atoms with Crippen LogP contribution in [0, 0.1) is 0 Å². The summed E-state index contributed by atoms with van der Waals surface area (Å²) in [7, 11) is 0. The van der Waals surface area contributed by atoms with Gasteiger partial charge in [-0.25, -0.2) is 0 Å². The highest BCUT2D eigenvalue weighted by atomic mass is 19.4. The predicted molar refractivity (Wildman–Crippen MR) is 147 cm³/mol. The number of benzene rings is 4. The molecule has 6 rings (SSSR count). The molecule has 1 heterocycles. The third kappa shape index (κ3) is 4.85. The van der Waals surface area contributed by atoms with Gasteiger partial charge < -0.3 is 9.88 Å². The van der Waals surface area contributed by atoms with Crippen LogP contribution in [0.2, 0.25) is 0 Å². The van der Waals surface area contributed by atoms with Crippen molar-refractivity contribution in [3.63, 3.8) is 0 Å². The lowest BCUT2D eigenvalue weighted by Crippen LogP contribution is -2.32. The van der Waals surface area contributed by atoms with Crippen LogP contribution in [0.25, 0.3) is 32.9 Å². The summed E-state index contributed by atoms with van der Waals surface area (Å²) < 4.78 is 81.2. The van der Waals surface area contributed by atoms with Gasteiger partial charge in [-0.05, 0) is 72.2 Å². The lowest BCUT2D eigenvalue weighted by atomic mass is 9.98. The fourth-order valence-electron chi connectivity index (χ4n) is 5.24. The highest BCUT2D eigenvalue weighted by molar-refractivity contribution is 6.08. The topological polar surface area (TPSA) is 19.0 Å². The van der Waals surface area contributed by atoms with E-state index in [2.05, 4.69) is 11.1 Å². The number of para-hydroxylation sites is 1. The fourth-order valence-corrected chi connectivity index (χ4v) is 5.24. The quantitative estimate of drug-likeness (QED) is 0.222. The summed E-state index contributed by atoms with van der Waals surface area (Å²) in [5.74, 6) is 0. The van der Waals surface area contributed by atoms with Crippen molar-refractivity contribution in [2.24, 2.45) is 0 Å². The number of halogens is 6. The number of fused-ring (bicyclic) bond motifs is 3. The molecule has 0 fully saturated rings. The Morgan fingerprint density at radius 3 is 2.12 bits per heavy atom. The average molecular weight is 549 g/mol. The molecule has 4 aromatic carbocycles. The molecule has 0 radical (unpaired) electrons. The molecule has 1 unspecified atom stereocenters. The molecule has 0 aliphatic heterocycles. The van der Waals surface area contributed by atoms with Crippen LogP contribution in [-0.2, 0) is 6.18 Å². The maximum atomic E-state index is 13.5. The van der Waals surface area contributed by atoms with Gasteiger partial charge in [0.1, 0.15) is 0 Å². The highest BCUT2D eigenvalue weighted by Crippen LogP contribution is 2.39. The number of H-pyrrole nitrogens is 1. The van der Waals surface area contributed by atoms with Crippen molar-refractivity contribution < 1.29 is 26.3 Å². The number of aromatic nitrogens is 1. The van der Waals surface area contributed by atoms with E-state index in [1.807, 2.05) is 48.5 Å². The van der Waals surface area contributed by atoms with Gasteiger partial charge >= 0.3 is 12.4 Å². The lowest BCUT2D eigenvalue weighted by Gasteiger charge is -2.34. The fraction of sp³-hybridized carbons (Fsp3) is 0.125. The molecule has 1 aliphatic carbocycles. The molecular formula is C32H22F6N2. The van der Waals surface area contributed by atoms with Crippen LogP contribution in [0.1, 0.15) is 12.0 Å². The van der Waals surface area contributed by atoms with Gasteiger partial charge in [0, 0.05) is 33.2 Å². The Labute approximate surface area is 225 Å². The van der Waals surface area contributed by atoms with Gasteiger partial charge in [0.25, 0.3) is 0 Å². The van der Waals surface area contributed by atoms with Crippen molar-refractivity contribution in [2.75, 3.05) is 4.90 Å². The van der Waals surface area contributed by atoms with Crippen LogP contribution < -0.4 is 4.90 Å². The molecule has 40 heavy (non-hydrogen) atoms. The number of aromatic amines is 1. The van der Waals surface area contributed by atoms with Gasteiger partial charge in [-0.1, -0.05) is 54.6 Å². The van der Waals surface area contributed by atoms with E-state index < -0.39 is 29.5 Å². The van der Waals surface area contributed by atoms with Crippen molar-refractivity contribution in [3.8, 4) is 11.1 Å². The van der Waals surface area contributed by atoms with E-state index in [1.165, 1.54) is 23.1 Å². The van der Waals surface area contributed by atoms with Gasteiger partial charge in [0.05, 0.1) is 17.2 Å². The summed E-state index contributed by atoms with van der Waals surface area (Å²) in [6, 6.07) is 25.0. The Balaban J connectivity index is 1.41. The molecule has 1 N–H and O–H groups in total. The molecule has 0 bridgehead atoms. The number of rotatable bonds is 4. The van der Waals surface area contributed by atoms with Gasteiger partial charge in [0.2, 0.25) is 0 Å². The van der Waals surface area contributed by atoms with Crippen molar-refractivity contribution in [3.05, 3.63) is 120 Å². The summed E-state index contributed by atoms with van der Waals surface area (Å²) in [4.78, 5) is 4.91. The average Bonchev–Trinajstić information content (AvgIpc) is 3.31. The van der Waals surface area contributed by atoms with Crippen molar-refractivity contribution >= 4 is 33.2 Å². The standard InChI is InChI=1S/C32H22F6N2/c33-31(34,35)22-5-3-7-25(18-22)40(26-8-4-6-23(19-26)32(36,37)38)24-14-11-20(12-15-24)21-13-16-30-28(17-21)27-9-1-2-10-29(27)39-30/h1-7,9-19,26,39H,8H2. The smallest absolute Gasteiger partial charge is 0.355 e. The first kappa shape index (κ1) is 25.8. The summed E-state index contributed by atoms with van der Waals surface area (Å²) in [6.45, 7) is 0. The Hall–Kier alpha value is -4.46. The first-order valence-electron chi connectivity index (χ1n) is 12.6. The number of nitrogens with one attached hydrogen (secondary N) is 1. The maximum Gasteiger partial charge on any atom is 0.416 e. The van der Waals surface area contributed by atoms with Crippen LogP contribution in [0.3, 0.4) is 0 Å². The molecule has 0 spiro atoms. The Morgan fingerprint density at radius 2 is 1.38 bits per heavy atom. The SMILES string of the molecule is FC(F)(F)C1=CC(N(c2ccc(-c3ccc4[nH]c5ccccc5c4c3)cc2)c2cccc(C(F)(F)F)c2)CC=C1. The zero-order valence-corrected chi connectivity index (χ0v) is 20.9. The molecule has 1 atom stereocenters. The van der Waals surface area contributed by atoms with Crippen molar-refractivity contribution in [2.45, 2.75) is 24.8 Å². The summed E-state index contributed by atoms with van der Waals surface area (Å²) in [5.41, 5.74) is 2.76. The Bertz CT molecular complexity index is 1760. The summed E-state index contributed by atoms with van der Waals surface area (Å²) >= 11 is 0. The van der Waals surface area contributed by atoms with Gasteiger partial charge in [-0.2, -0.15) is 26.3 Å². The molecule has 1 aromatic heterocycles. The predicted octanol–water partition coefficient (Wildman–Crippen LogP) is 9.96. The third-order valence-corrected chi connectivity index (χ3v) is 7.14. The first-order valence-corrected chi connectivity index (χ1v) is 12.6. The van der Waals surface area contributed by atoms with E-state index in [9.17, 15) is 26.3 Å². The highest BCUT2D eigenvalue weighted by Gasteiger charge is 2.36. The van der Waals surface area contributed by atoms with Crippen LogP contribution >= 0.6 is 0 Å². The largest absolute Gasteiger partial charge is 0.416 e. The monoisotopic (exact) mass is 548 g/mol. The van der Waals surface area contributed by atoms with Gasteiger partial charge in [0.15, 0.2) is 0 Å². The molecule has 0 saturated carbocycles. The minimum absolute atomic E-state index is 0.154. The lowest BCUT2D eigenvalue weighted by molar-refractivity contribution is -0.137. The number of nitrogens with zero attached hydrogens (tertiary/aromatic N) is 1. The number of allylic oxidation sites excluding steroid dienone is 2. The molecule has 8 heteroatoms. The van der Waals surface area contributed by atoms with E-state index in [0.29, 0.717) is 5.69 Å². The van der Waals surface area contributed by atoms with Crippen LogP contribution in [-0.4, -0.2) is 17.2 Å². The zero-order chi connectivity index (χ0) is 28.1. The van der Waals surface area contributed by atoms with Crippen molar-refractivity contribution in [1.82, 2.24) is 4.98 Å². The minimum Gasteiger partial charge on any atom is -0.355 e. The maximum absolute atomic E-state index is 13.5. The summed E-state index contributed by atoms with van der Waals surface area (Å²) in [6.07, 6.45) is -5.48. The first-order chi connectivity index (χ1) is 19.1. The zero-order valence-electron chi connectivity index (χ0n) is 20.9. The normalized spacial score (nSPS) is 15.9. The molecule has 0 amide bonds. The van der Waals surface area contributed by atoms with E-state index in [4.69, 9.17) is 0 Å². The molecule has 0 saturated heterocycles. The van der Waals surface area contributed by atoms with Gasteiger partial charge in [-0.3, -0.25) is 0 Å². The van der Waals surface area contributed by atoms with E-state index >= 15 is 0 Å². The minimum atomic E-state index is -4.59. The number of hydrogen-bond donors (Lipinski definition) is 1. The van der Waals surface area contributed by atoms with Crippen molar-refractivity contribution in [1.29, 1.82) is 0 Å². The van der Waals surface area contributed by atoms with Crippen LogP contribution in [0.15, 0.2) is 115 Å². The number of anilines is 2. The Morgan fingerprint density at radius 1 is 0.650 bits per heavy atom. The molecule has 2 nitrogen and oxygen atoms in total. The molecular weight excluding hydrogens is 526 g/mol. The third-order valence-electron chi connectivity index (χ3n) is 7.14.